The highest BCUT2D eigenvalue weighted by atomic mass is 19.1. The predicted octanol–water partition coefficient (Wildman–Crippen LogP) is -0.432. The maximum atomic E-state index is 13.8. The van der Waals surface area contributed by atoms with Gasteiger partial charge in [0, 0.05) is 38.4 Å². The van der Waals surface area contributed by atoms with Crippen LogP contribution in [-0.2, 0) is 20.9 Å². The average molecular weight is 390 g/mol. The zero-order chi connectivity index (χ0) is 20.1. The molecule has 0 unspecified atom stereocenters. The van der Waals surface area contributed by atoms with Crippen molar-refractivity contribution < 1.29 is 18.7 Å². The van der Waals surface area contributed by atoms with Crippen LogP contribution in [0.15, 0.2) is 46.1 Å². The summed E-state index contributed by atoms with van der Waals surface area (Å²) in [5.74, 6) is -1.45. The van der Waals surface area contributed by atoms with E-state index in [-0.39, 0.29) is 11.7 Å². The Hall–Kier alpha value is -3.43. The summed E-state index contributed by atoms with van der Waals surface area (Å²) in [4.78, 5) is 52.0. The lowest BCUT2D eigenvalue weighted by Gasteiger charge is -2.36. The number of rotatable bonds is 5. The topological polar surface area (TPSA) is 105 Å². The van der Waals surface area contributed by atoms with Gasteiger partial charge in [0.1, 0.15) is 12.4 Å². The smallest absolute Gasteiger partial charge is 0.328 e. The zero-order valence-electron chi connectivity index (χ0n) is 15.0. The molecule has 1 saturated heterocycles. The number of ether oxygens (including phenoxy) is 1. The van der Waals surface area contributed by atoms with Gasteiger partial charge in [0.25, 0.3) is 11.5 Å². The van der Waals surface area contributed by atoms with Gasteiger partial charge in [-0.15, -0.1) is 0 Å². The molecule has 0 aliphatic carbocycles. The highest BCUT2D eigenvalue weighted by molar-refractivity contribution is 5.80. The van der Waals surface area contributed by atoms with Gasteiger partial charge in [0.2, 0.25) is 0 Å². The molecule has 0 bridgehead atoms. The Labute approximate surface area is 158 Å². The highest BCUT2D eigenvalue weighted by Gasteiger charge is 2.23. The number of nitrogens with zero attached hydrogens (tertiary/aromatic N) is 3. The van der Waals surface area contributed by atoms with E-state index < -0.39 is 30.4 Å². The van der Waals surface area contributed by atoms with Crippen LogP contribution in [0.25, 0.3) is 0 Å². The van der Waals surface area contributed by atoms with E-state index in [0.29, 0.717) is 31.9 Å². The van der Waals surface area contributed by atoms with Crippen molar-refractivity contribution in [1.29, 1.82) is 0 Å². The summed E-state index contributed by atoms with van der Waals surface area (Å²) in [6, 6.07) is 7.56. The number of halogens is 1. The number of aromatic amines is 1. The van der Waals surface area contributed by atoms with Gasteiger partial charge >= 0.3 is 11.7 Å². The van der Waals surface area contributed by atoms with Gasteiger partial charge in [-0.2, -0.15) is 0 Å². The molecule has 1 fully saturated rings. The molecule has 1 aliphatic rings. The minimum atomic E-state index is -0.771. The fraction of sp³-hybridized carbons (Fsp3) is 0.333. The van der Waals surface area contributed by atoms with Gasteiger partial charge in [-0.05, 0) is 12.1 Å². The van der Waals surface area contributed by atoms with Gasteiger partial charge in [-0.25, -0.2) is 9.18 Å². The fourth-order valence-electron chi connectivity index (χ4n) is 2.89. The number of H-pyrrole nitrogens is 1. The summed E-state index contributed by atoms with van der Waals surface area (Å²) in [5, 5.41) is 0. The molecular formula is C18H19FN4O5. The fourth-order valence-corrected chi connectivity index (χ4v) is 2.89. The van der Waals surface area contributed by atoms with E-state index in [9.17, 15) is 23.6 Å². The van der Waals surface area contributed by atoms with E-state index in [1.807, 2.05) is 9.88 Å². The summed E-state index contributed by atoms with van der Waals surface area (Å²) in [5.41, 5.74) is -0.813. The first-order valence-electron chi connectivity index (χ1n) is 8.66. The van der Waals surface area contributed by atoms with Gasteiger partial charge in [-0.1, -0.05) is 12.1 Å². The van der Waals surface area contributed by atoms with E-state index in [1.54, 1.807) is 18.2 Å². The minimum Gasteiger partial charge on any atom is -0.454 e. The first-order valence-corrected chi connectivity index (χ1v) is 8.66. The Bertz CT molecular complexity index is 978. The van der Waals surface area contributed by atoms with E-state index in [0.717, 1.165) is 10.6 Å². The van der Waals surface area contributed by atoms with Crippen LogP contribution in [0.1, 0.15) is 0 Å². The number of hydrogen-bond donors (Lipinski definition) is 1. The highest BCUT2D eigenvalue weighted by Crippen LogP contribution is 2.20. The molecule has 1 aliphatic heterocycles. The lowest BCUT2D eigenvalue weighted by atomic mass is 10.2. The first kappa shape index (κ1) is 19.3. The Morgan fingerprint density at radius 1 is 1.07 bits per heavy atom. The van der Waals surface area contributed by atoms with Gasteiger partial charge in [0.15, 0.2) is 6.61 Å². The molecular weight excluding hydrogens is 371 g/mol. The molecule has 148 valence electrons. The van der Waals surface area contributed by atoms with Gasteiger partial charge in [-0.3, -0.25) is 23.9 Å². The normalized spacial score (nSPS) is 14.0. The van der Waals surface area contributed by atoms with Crippen LogP contribution in [0.3, 0.4) is 0 Å². The quantitative estimate of drug-likeness (QED) is 0.695. The lowest BCUT2D eigenvalue weighted by molar-refractivity contribution is -0.152. The molecule has 3 rings (SSSR count). The second-order valence-electron chi connectivity index (χ2n) is 6.22. The van der Waals surface area contributed by atoms with Gasteiger partial charge in [0.05, 0.1) is 5.69 Å². The summed E-state index contributed by atoms with van der Waals surface area (Å²) in [6.45, 7) is 0.829. The van der Waals surface area contributed by atoms with Crippen LogP contribution < -0.4 is 16.1 Å². The molecule has 10 heteroatoms. The Kier molecular flexibility index (Phi) is 5.87. The summed E-state index contributed by atoms with van der Waals surface area (Å²) in [6.07, 6.45) is 1.17. The Balaban J connectivity index is 1.47. The number of carbonyl (C=O) groups is 2. The van der Waals surface area contributed by atoms with Crippen molar-refractivity contribution in [2.24, 2.45) is 0 Å². The maximum absolute atomic E-state index is 13.8. The molecule has 1 amide bonds. The minimum absolute atomic E-state index is 0.311. The standard InChI is InChI=1S/C18H19FN4O5/c19-13-3-1-2-4-14(13)21-7-9-22(10-8-21)16(25)12-28-17(26)11-23-6-5-15(24)20-18(23)27/h1-6H,7-12H2,(H,20,24,27). The largest absolute Gasteiger partial charge is 0.454 e. The number of nitrogens with one attached hydrogen (secondary N) is 1. The monoisotopic (exact) mass is 390 g/mol. The van der Waals surface area contributed by atoms with Crippen molar-refractivity contribution in [3.05, 3.63) is 63.2 Å². The molecule has 1 aromatic heterocycles. The summed E-state index contributed by atoms with van der Waals surface area (Å²) >= 11 is 0. The van der Waals surface area contributed by atoms with Gasteiger partial charge < -0.3 is 14.5 Å². The third-order valence-corrected chi connectivity index (χ3v) is 4.38. The van der Waals surface area contributed by atoms with Crippen molar-refractivity contribution in [2.45, 2.75) is 6.54 Å². The van der Waals surface area contributed by atoms with Crippen LogP contribution in [0.4, 0.5) is 10.1 Å². The van der Waals surface area contributed by atoms with Crippen LogP contribution in [-0.4, -0.2) is 59.1 Å². The number of para-hydroxylation sites is 1. The SMILES string of the molecule is O=C(Cn1ccc(=O)[nH]c1=O)OCC(=O)N1CCN(c2ccccc2F)CC1. The number of anilines is 1. The number of benzene rings is 1. The molecule has 28 heavy (non-hydrogen) atoms. The second kappa shape index (κ2) is 8.51. The molecule has 0 saturated carbocycles. The van der Waals surface area contributed by atoms with E-state index in [1.165, 1.54) is 17.2 Å². The molecule has 0 atom stereocenters. The number of piperazine rings is 1. The van der Waals surface area contributed by atoms with Crippen LogP contribution >= 0.6 is 0 Å². The zero-order valence-corrected chi connectivity index (χ0v) is 15.0. The average Bonchev–Trinajstić information content (AvgIpc) is 2.69. The van der Waals surface area contributed by atoms with Crippen molar-refractivity contribution in [1.82, 2.24) is 14.5 Å². The number of carbonyl (C=O) groups excluding carboxylic acids is 2. The van der Waals surface area contributed by atoms with Crippen molar-refractivity contribution in [2.75, 3.05) is 37.7 Å². The van der Waals surface area contributed by atoms with Crippen molar-refractivity contribution >= 4 is 17.6 Å². The Morgan fingerprint density at radius 3 is 2.46 bits per heavy atom. The predicted molar refractivity (Wildman–Crippen MR) is 97.5 cm³/mol. The maximum Gasteiger partial charge on any atom is 0.328 e. The second-order valence-corrected chi connectivity index (χ2v) is 6.22. The van der Waals surface area contributed by atoms with Crippen molar-refractivity contribution in [3.8, 4) is 0 Å². The molecule has 1 aromatic carbocycles. The summed E-state index contributed by atoms with van der Waals surface area (Å²) in [7, 11) is 0. The Morgan fingerprint density at radius 2 is 1.79 bits per heavy atom. The molecule has 0 spiro atoms. The van der Waals surface area contributed by atoms with E-state index >= 15 is 0 Å². The summed E-state index contributed by atoms with van der Waals surface area (Å²) < 4.78 is 19.7. The van der Waals surface area contributed by atoms with E-state index in [2.05, 4.69) is 0 Å². The first-order chi connectivity index (χ1) is 13.4. The van der Waals surface area contributed by atoms with Crippen molar-refractivity contribution in [3.63, 3.8) is 0 Å². The molecule has 1 N–H and O–H groups in total. The molecule has 9 nitrogen and oxygen atoms in total. The number of aromatic nitrogens is 2. The third-order valence-electron chi connectivity index (χ3n) is 4.38. The number of hydrogen-bond acceptors (Lipinski definition) is 6. The number of amides is 1. The van der Waals surface area contributed by atoms with Crippen LogP contribution in [0, 0.1) is 5.82 Å². The molecule has 2 heterocycles. The van der Waals surface area contributed by atoms with E-state index in [4.69, 9.17) is 4.74 Å². The number of esters is 1. The van der Waals surface area contributed by atoms with Crippen LogP contribution in [0.5, 0.6) is 0 Å². The molecule has 2 aromatic rings. The van der Waals surface area contributed by atoms with Crippen LogP contribution in [0.2, 0.25) is 0 Å². The third kappa shape index (κ3) is 4.64. The molecule has 0 radical (unpaired) electrons. The lowest BCUT2D eigenvalue weighted by Crippen LogP contribution is -2.50.